The molecule has 0 saturated carbocycles. The van der Waals surface area contributed by atoms with E-state index in [9.17, 15) is 13.2 Å². The molecule has 0 aliphatic carbocycles. The Bertz CT molecular complexity index is 735. The molecule has 5 nitrogen and oxygen atoms in total. The first-order valence-corrected chi connectivity index (χ1v) is 7.82. The molecule has 2 aromatic rings. The second kappa shape index (κ2) is 5.97. The molecule has 0 saturated heterocycles. The number of hydrogen-bond donors (Lipinski definition) is 2. The van der Waals surface area contributed by atoms with E-state index in [1.807, 2.05) is 19.1 Å². The number of nitrogens with one attached hydrogen (secondary N) is 2. The number of carbonyl (C=O) groups is 1. The average molecular weight is 304 g/mol. The molecule has 0 radical (unpaired) electrons. The van der Waals surface area contributed by atoms with Crippen LogP contribution in [-0.4, -0.2) is 14.2 Å². The van der Waals surface area contributed by atoms with Crippen molar-refractivity contribution in [2.24, 2.45) is 0 Å². The highest BCUT2D eigenvalue weighted by Gasteiger charge is 2.10. The summed E-state index contributed by atoms with van der Waals surface area (Å²) >= 11 is 0. The quantitative estimate of drug-likeness (QED) is 0.834. The number of rotatable bonds is 5. The second-order valence-corrected chi connectivity index (χ2v) is 6.12. The molecule has 6 heteroatoms. The van der Waals surface area contributed by atoms with E-state index in [0.717, 1.165) is 5.56 Å². The number of anilines is 2. The second-order valence-electron chi connectivity index (χ2n) is 4.71. The van der Waals surface area contributed by atoms with E-state index < -0.39 is 10.2 Å². The van der Waals surface area contributed by atoms with Gasteiger partial charge in [-0.1, -0.05) is 17.7 Å². The van der Waals surface area contributed by atoms with Crippen LogP contribution in [0.25, 0.3) is 0 Å². The van der Waals surface area contributed by atoms with E-state index >= 15 is 0 Å². The van der Waals surface area contributed by atoms with Crippen LogP contribution >= 0.6 is 0 Å². The highest BCUT2D eigenvalue weighted by Crippen LogP contribution is 2.14. The normalized spacial score (nSPS) is 11.0. The Morgan fingerprint density at radius 1 is 0.857 bits per heavy atom. The third-order valence-electron chi connectivity index (χ3n) is 2.85. The minimum Gasteiger partial charge on any atom is -0.295 e. The summed E-state index contributed by atoms with van der Waals surface area (Å²) in [5.74, 6) is -0.0674. The molecule has 0 bridgehead atoms. The van der Waals surface area contributed by atoms with E-state index in [0.29, 0.717) is 16.9 Å². The van der Waals surface area contributed by atoms with Crippen LogP contribution in [0.1, 0.15) is 22.8 Å². The lowest BCUT2D eigenvalue weighted by Crippen LogP contribution is -2.21. The Kier molecular flexibility index (Phi) is 4.28. The minimum atomic E-state index is -3.72. The molecule has 0 atom stereocenters. The zero-order chi connectivity index (χ0) is 15.5. The van der Waals surface area contributed by atoms with Crippen molar-refractivity contribution in [2.45, 2.75) is 13.8 Å². The summed E-state index contributed by atoms with van der Waals surface area (Å²) in [5, 5.41) is 0. The van der Waals surface area contributed by atoms with Gasteiger partial charge in [-0.3, -0.25) is 14.2 Å². The summed E-state index contributed by atoms with van der Waals surface area (Å²) in [6, 6.07) is 13.3. The lowest BCUT2D eigenvalue weighted by molar-refractivity contribution is 0.101. The molecule has 0 aromatic heterocycles. The SMILES string of the molecule is CC(=O)c1ccc(NS(=O)(=O)Nc2ccc(C)cc2)cc1. The zero-order valence-corrected chi connectivity index (χ0v) is 12.6. The van der Waals surface area contributed by atoms with Crippen LogP contribution in [0.15, 0.2) is 48.5 Å². The van der Waals surface area contributed by atoms with Gasteiger partial charge in [-0.2, -0.15) is 8.42 Å². The van der Waals surface area contributed by atoms with Gasteiger partial charge in [0.25, 0.3) is 0 Å². The van der Waals surface area contributed by atoms with Crippen LogP contribution in [-0.2, 0) is 10.2 Å². The fraction of sp³-hybridized carbons (Fsp3) is 0.133. The predicted molar refractivity (Wildman–Crippen MR) is 83.8 cm³/mol. The minimum absolute atomic E-state index is 0.0674. The zero-order valence-electron chi connectivity index (χ0n) is 11.8. The smallest absolute Gasteiger partial charge is 0.295 e. The number of benzene rings is 2. The maximum absolute atomic E-state index is 12.0. The molecule has 110 valence electrons. The Morgan fingerprint density at radius 3 is 1.71 bits per heavy atom. The van der Waals surface area contributed by atoms with Crippen LogP contribution < -0.4 is 9.44 Å². The van der Waals surface area contributed by atoms with E-state index in [-0.39, 0.29) is 5.78 Å². The average Bonchev–Trinajstić information content (AvgIpc) is 2.41. The number of aryl methyl sites for hydroxylation is 1. The molecule has 0 heterocycles. The summed E-state index contributed by atoms with van der Waals surface area (Å²) in [4.78, 5) is 11.2. The van der Waals surface area contributed by atoms with Gasteiger partial charge < -0.3 is 0 Å². The van der Waals surface area contributed by atoms with Crippen molar-refractivity contribution in [3.8, 4) is 0 Å². The Hall–Kier alpha value is -2.34. The maximum atomic E-state index is 12.0. The fourth-order valence-corrected chi connectivity index (χ4v) is 2.67. The van der Waals surface area contributed by atoms with E-state index in [1.165, 1.54) is 6.92 Å². The van der Waals surface area contributed by atoms with Gasteiger partial charge in [0.05, 0.1) is 11.4 Å². The topological polar surface area (TPSA) is 75.3 Å². The predicted octanol–water partition coefficient (Wildman–Crippen LogP) is 2.97. The lowest BCUT2D eigenvalue weighted by Gasteiger charge is -2.10. The first kappa shape index (κ1) is 15.1. The van der Waals surface area contributed by atoms with Crippen molar-refractivity contribution in [2.75, 3.05) is 9.44 Å². The molecular formula is C15H16N2O3S. The molecule has 21 heavy (non-hydrogen) atoms. The van der Waals surface area contributed by atoms with Gasteiger partial charge in [0.2, 0.25) is 0 Å². The van der Waals surface area contributed by atoms with Crippen molar-refractivity contribution in [3.63, 3.8) is 0 Å². The highest BCUT2D eigenvalue weighted by atomic mass is 32.2. The molecule has 0 fully saturated rings. The molecular weight excluding hydrogens is 288 g/mol. The van der Waals surface area contributed by atoms with Gasteiger partial charge in [0, 0.05) is 5.56 Å². The molecule has 0 aliphatic rings. The lowest BCUT2D eigenvalue weighted by atomic mass is 10.1. The first-order chi connectivity index (χ1) is 9.85. The van der Waals surface area contributed by atoms with Crippen molar-refractivity contribution < 1.29 is 13.2 Å². The standard InChI is InChI=1S/C15H16N2O3S/c1-11-3-7-14(8-4-11)16-21(19,20)17-15-9-5-13(6-10-15)12(2)18/h3-10,16-17H,1-2H3. The molecule has 0 amide bonds. The molecule has 0 spiro atoms. The molecule has 2 N–H and O–H groups in total. The van der Waals surface area contributed by atoms with Gasteiger partial charge in [0.15, 0.2) is 5.78 Å². The monoisotopic (exact) mass is 304 g/mol. The molecule has 2 aromatic carbocycles. The molecule has 0 unspecified atom stereocenters. The number of Topliss-reactive ketones (excluding diaryl/α,β-unsaturated/α-hetero) is 1. The fourth-order valence-electron chi connectivity index (χ4n) is 1.73. The Balaban J connectivity index is 2.10. The third-order valence-corrected chi connectivity index (χ3v) is 3.86. The van der Waals surface area contributed by atoms with Gasteiger partial charge in [-0.05, 0) is 50.2 Å². The largest absolute Gasteiger partial charge is 0.321 e. The first-order valence-electron chi connectivity index (χ1n) is 6.34. The van der Waals surface area contributed by atoms with Gasteiger partial charge in [0.1, 0.15) is 0 Å². The summed E-state index contributed by atoms with van der Waals surface area (Å²) in [6.07, 6.45) is 0. The van der Waals surface area contributed by atoms with Crippen LogP contribution in [0.4, 0.5) is 11.4 Å². The summed E-state index contributed by atoms with van der Waals surface area (Å²) in [6.45, 7) is 3.38. The van der Waals surface area contributed by atoms with E-state index in [1.54, 1.807) is 36.4 Å². The van der Waals surface area contributed by atoms with Crippen LogP contribution in [0.2, 0.25) is 0 Å². The maximum Gasteiger partial charge on any atom is 0.321 e. The van der Waals surface area contributed by atoms with Gasteiger partial charge in [-0.15, -0.1) is 0 Å². The number of ketones is 1. The molecule has 2 rings (SSSR count). The van der Waals surface area contributed by atoms with Crippen LogP contribution in [0.5, 0.6) is 0 Å². The number of carbonyl (C=O) groups excluding carboxylic acids is 1. The van der Waals surface area contributed by atoms with Gasteiger partial charge in [-0.25, -0.2) is 0 Å². The van der Waals surface area contributed by atoms with Crippen molar-refractivity contribution in [3.05, 3.63) is 59.7 Å². The summed E-state index contributed by atoms with van der Waals surface area (Å²) in [7, 11) is -3.72. The summed E-state index contributed by atoms with van der Waals surface area (Å²) < 4.78 is 28.8. The van der Waals surface area contributed by atoms with Crippen molar-refractivity contribution >= 4 is 27.4 Å². The third kappa shape index (κ3) is 4.32. The number of hydrogen-bond acceptors (Lipinski definition) is 3. The van der Waals surface area contributed by atoms with Gasteiger partial charge >= 0.3 is 10.2 Å². The summed E-state index contributed by atoms with van der Waals surface area (Å²) in [5.41, 5.74) is 2.45. The highest BCUT2D eigenvalue weighted by molar-refractivity contribution is 7.94. The van der Waals surface area contributed by atoms with Crippen LogP contribution in [0, 0.1) is 6.92 Å². The van der Waals surface area contributed by atoms with E-state index in [2.05, 4.69) is 9.44 Å². The van der Waals surface area contributed by atoms with Crippen molar-refractivity contribution in [1.29, 1.82) is 0 Å². The molecule has 0 aliphatic heterocycles. The Labute approximate surface area is 124 Å². The van der Waals surface area contributed by atoms with Crippen LogP contribution in [0.3, 0.4) is 0 Å². The van der Waals surface area contributed by atoms with E-state index in [4.69, 9.17) is 0 Å². The Morgan fingerprint density at radius 2 is 1.29 bits per heavy atom. The van der Waals surface area contributed by atoms with Crippen molar-refractivity contribution in [1.82, 2.24) is 0 Å².